The smallest absolute Gasteiger partial charge is 0.160 e. The molecule has 0 aliphatic rings. The minimum atomic E-state index is 0.798. The molecule has 20 rings (SSSR count). The van der Waals surface area contributed by atoms with Crippen LogP contribution in [0.3, 0.4) is 0 Å². The van der Waals surface area contributed by atoms with E-state index in [1.54, 1.807) is 0 Å². The van der Waals surface area contributed by atoms with Crippen molar-refractivity contribution in [1.82, 2.24) is 29.9 Å². The number of aromatic nitrogens is 6. The monoisotopic (exact) mass is 1840 g/mol. The zero-order chi connectivity index (χ0) is 101. The van der Waals surface area contributed by atoms with Gasteiger partial charge in [0.1, 0.15) is 0 Å². The largest absolute Gasteiger partial charge is 0.257 e. The van der Waals surface area contributed by atoms with E-state index in [-0.39, 0.29) is 0 Å². The SMILES string of the molecule is Cc1c2ccccc2c(C)c2ccccc12.Cc1cc(-c2ccccc2C)nc(-c2ccccc2C)n1.Cc1ccc(-c2c(C)nc(C)c(-c3ccc(C)cc3)c2C)cc1.Cc1ccc(-c2nc(-c3ccc(C)cc3)c(C)c(C)c2C)cc1.Cc1ccc(-c2nc(C)c(C)c(-c3ccc(C)cc3)c2C)cc1.Cc1ccc(-c2nc(C)c(C)c(-c3ccc(C)cc3)c2C)cc1.Cc1ccc(C)c2ccccc12. The number of hydrogen-bond donors (Lipinski definition) is 0. The summed E-state index contributed by atoms with van der Waals surface area (Å²) in [5, 5.41) is 8.24. The molecule has 15 aromatic carbocycles. The second-order valence-electron chi connectivity index (χ2n) is 38.5. The molecule has 0 saturated heterocycles. The van der Waals surface area contributed by atoms with Crippen LogP contribution in [0.2, 0.25) is 0 Å². The van der Waals surface area contributed by atoms with E-state index in [1.807, 2.05) is 31.2 Å². The van der Waals surface area contributed by atoms with Gasteiger partial charge in [-0.15, -0.1) is 0 Å². The lowest BCUT2D eigenvalue weighted by Gasteiger charge is -2.17. The second kappa shape index (κ2) is 45.6. The summed E-state index contributed by atoms with van der Waals surface area (Å²) in [7, 11) is 0. The van der Waals surface area contributed by atoms with E-state index in [2.05, 4.69) is 494 Å². The van der Waals surface area contributed by atoms with Crippen LogP contribution < -0.4 is 0 Å². The van der Waals surface area contributed by atoms with Gasteiger partial charge in [0.25, 0.3) is 0 Å². The van der Waals surface area contributed by atoms with Crippen molar-refractivity contribution in [1.29, 1.82) is 0 Å². The van der Waals surface area contributed by atoms with Crippen LogP contribution in [0.15, 0.2) is 334 Å². The van der Waals surface area contributed by atoms with Gasteiger partial charge in [0.15, 0.2) is 5.82 Å². The number of hydrogen-bond acceptors (Lipinski definition) is 6. The Morgan fingerprint density at radius 1 is 0.149 bits per heavy atom. The van der Waals surface area contributed by atoms with Crippen molar-refractivity contribution >= 4 is 32.3 Å². The minimum Gasteiger partial charge on any atom is -0.257 e. The van der Waals surface area contributed by atoms with E-state index in [9.17, 15) is 0 Å². The molecule has 0 amide bonds. The summed E-state index contributed by atoms with van der Waals surface area (Å²) in [5.41, 5.74) is 56.2. The van der Waals surface area contributed by atoms with Crippen LogP contribution in [-0.4, -0.2) is 29.9 Å². The van der Waals surface area contributed by atoms with Crippen molar-refractivity contribution in [3.63, 3.8) is 0 Å². The first-order valence-electron chi connectivity index (χ1n) is 49.4. The molecule has 0 atom stereocenters. The molecule has 0 unspecified atom stereocenters. The molecule has 0 aliphatic carbocycles. The Bertz CT molecular complexity index is 7260. The maximum absolute atomic E-state index is 5.03. The molecule has 5 heterocycles. The molecular weight excluding hydrogens is 1710 g/mol. The van der Waals surface area contributed by atoms with Crippen LogP contribution in [0, 0.1) is 187 Å². The number of rotatable bonds is 10. The summed E-state index contributed by atoms with van der Waals surface area (Å²) in [6.07, 6.45) is 0. The molecule has 0 radical (unpaired) electrons. The highest BCUT2D eigenvalue weighted by molar-refractivity contribution is 6.05. The number of pyridine rings is 4. The van der Waals surface area contributed by atoms with E-state index in [4.69, 9.17) is 24.9 Å². The maximum Gasteiger partial charge on any atom is 0.160 e. The van der Waals surface area contributed by atoms with Crippen molar-refractivity contribution in [3.8, 4) is 112 Å². The molecule has 0 fully saturated rings. The first-order chi connectivity index (χ1) is 67.6. The van der Waals surface area contributed by atoms with Gasteiger partial charge in [0.2, 0.25) is 0 Å². The predicted octanol–water partition coefficient (Wildman–Crippen LogP) is 36.6. The fraction of sp³-hybridized carbons (Fsp3) is 0.200. The first-order valence-corrected chi connectivity index (χ1v) is 49.4. The Kier molecular flexibility index (Phi) is 32.9. The molecule has 0 aliphatic heterocycles. The number of aryl methyl sites for hydroxylation is 19. The van der Waals surface area contributed by atoms with Crippen LogP contribution in [0.5, 0.6) is 0 Å². The Labute approximate surface area is 840 Å². The van der Waals surface area contributed by atoms with Crippen molar-refractivity contribution in [2.45, 2.75) is 187 Å². The van der Waals surface area contributed by atoms with E-state index in [1.165, 1.54) is 221 Å². The quantitative estimate of drug-likeness (QED) is 0.127. The van der Waals surface area contributed by atoms with Crippen molar-refractivity contribution in [2.24, 2.45) is 0 Å². The molecule has 141 heavy (non-hydrogen) atoms. The summed E-state index contributed by atoms with van der Waals surface area (Å²) < 4.78 is 0. The molecule has 0 saturated carbocycles. The number of benzene rings is 15. The molecule has 6 heteroatoms. The van der Waals surface area contributed by atoms with E-state index in [0.717, 1.165) is 73.9 Å². The zero-order valence-electron chi connectivity index (χ0n) is 87.9. The molecule has 0 bridgehead atoms. The summed E-state index contributed by atoms with van der Waals surface area (Å²) >= 11 is 0. The Balaban J connectivity index is 0.000000132. The lowest BCUT2D eigenvalue weighted by Crippen LogP contribution is -2.00. The van der Waals surface area contributed by atoms with Gasteiger partial charge in [-0.25, -0.2) is 15.0 Å². The number of nitrogens with zero attached hydrogens (tertiary/aromatic N) is 6. The molecule has 20 aromatic rings. The standard InChI is InChI=1S/4C22H23N.C19H18N2.C16H14.C12H12/c1-14-6-10-19(11-7-14)21-16(3)22(18(5)23-17(21)4)20-12-8-15(2)9-13-20;2*1-14-6-10-19(11-7-14)21-16(3)18(5)23-22(17(21)4)20-12-8-15(2)9-13-20;1-14-6-10-19(11-7-14)21-17(4)16(3)18(5)22(23-21)20-12-8-15(2)9-13-20;1-13-8-4-6-10-16(13)18-12-15(3)20-19(21-18)17-11-7-5-9-14(17)2;1-11-13-7-3-5-9-15(13)12(2)16-10-6-4-8-14(11)16;1-9-7-8-10(2)12-6-4-3-5-11(9)12/h4*6-13H,1-5H3;4-12H,1-3H3;3-10H,1-2H3;3-8H,1-2H3. The van der Waals surface area contributed by atoms with E-state index < -0.39 is 0 Å². The molecule has 5 aromatic heterocycles. The number of fused-ring (bicyclic) bond motifs is 3. The van der Waals surface area contributed by atoms with Gasteiger partial charge in [-0.05, 0) is 337 Å². The summed E-state index contributed by atoms with van der Waals surface area (Å²) in [6.45, 7) is 57.8. The lowest BCUT2D eigenvalue weighted by atomic mass is 9.90. The van der Waals surface area contributed by atoms with E-state index in [0.29, 0.717) is 0 Å². The molecule has 6 nitrogen and oxygen atoms in total. The van der Waals surface area contributed by atoms with Crippen LogP contribution in [0.25, 0.3) is 144 Å². The predicted molar refractivity (Wildman–Crippen MR) is 607 cm³/mol. The zero-order valence-corrected chi connectivity index (χ0v) is 87.9. The minimum absolute atomic E-state index is 0.798. The van der Waals surface area contributed by atoms with Gasteiger partial charge < -0.3 is 0 Å². The summed E-state index contributed by atoms with van der Waals surface area (Å²) in [4.78, 5) is 29.0. The van der Waals surface area contributed by atoms with Gasteiger partial charge in [0.05, 0.1) is 28.5 Å². The van der Waals surface area contributed by atoms with Gasteiger partial charge in [-0.3, -0.25) is 15.0 Å². The maximum atomic E-state index is 5.03. The van der Waals surface area contributed by atoms with Crippen LogP contribution >= 0.6 is 0 Å². The van der Waals surface area contributed by atoms with Crippen LogP contribution in [0.4, 0.5) is 0 Å². The molecule has 0 spiro atoms. The van der Waals surface area contributed by atoms with Crippen molar-refractivity contribution in [3.05, 3.63) is 485 Å². The average Bonchev–Trinajstić information content (AvgIpc) is 0.768. The van der Waals surface area contributed by atoms with Gasteiger partial charge in [-0.2, -0.15) is 0 Å². The Morgan fingerprint density at radius 2 is 0.404 bits per heavy atom. The van der Waals surface area contributed by atoms with Gasteiger partial charge >= 0.3 is 0 Å². The first kappa shape index (κ1) is 102. The fourth-order valence-electron chi connectivity index (χ4n) is 19.0. The molecule has 706 valence electrons. The fourth-order valence-corrected chi connectivity index (χ4v) is 19.0. The Hall–Kier alpha value is -15.2. The van der Waals surface area contributed by atoms with E-state index >= 15 is 0 Å². The lowest BCUT2D eigenvalue weighted by molar-refractivity contribution is 1.11. The van der Waals surface area contributed by atoms with Gasteiger partial charge in [0, 0.05) is 73.0 Å². The third-order valence-corrected chi connectivity index (χ3v) is 27.9. The van der Waals surface area contributed by atoms with Crippen molar-refractivity contribution < 1.29 is 0 Å². The van der Waals surface area contributed by atoms with Crippen LogP contribution in [0.1, 0.15) is 151 Å². The Morgan fingerprint density at radius 3 is 0.702 bits per heavy atom. The third-order valence-electron chi connectivity index (χ3n) is 27.9. The average molecular weight is 1840 g/mol. The van der Waals surface area contributed by atoms with Gasteiger partial charge in [-0.1, -0.05) is 372 Å². The molecule has 0 N–H and O–H groups in total. The highest BCUT2D eigenvalue weighted by Crippen LogP contribution is 2.42. The normalized spacial score (nSPS) is 10.8. The van der Waals surface area contributed by atoms with Crippen LogP contribution in [-0.2, 0) is 0 Å². The van der Waals surface area contributed by atoms with Crippen molar-refractivity contribution in [2.75, 3.05) is 0 Å². The topological polar surface area (TPSA) is 77.3 Å². The highest BCUT2D eigenvalue weighted by atomic mass is 14.9. The third kappa shape index (κ3) is 23.9. The molecular formula is C135H136N6. The summed E-state index contributed by atoms with van der Waals surface area (Å²) in [6, 6.07) is 118. The second-order valence-corrected chi connectivity index (χ2v) is 38.5. The summed E-state index contributed by atoms with van der Waals surface area (Å²) in [5.74, 6) is 0.798. The highest BCUT2D eigenvalue weighted by Gasteiger charge is 2.22.